The molecule has 0 aromatic carbocycles. The third-order valence-electron chi connectivity index (χ3n) is 5.39. The Morgan fingerprint density at radius 1 is 1.21 bits per heavy atom. The number of carbonyl (C=O) groups excluding carboxylic acids is 2. The number of hydrogen-bond acceptors (Lipinski definition) is 3. The summed E-state index contributed by atoms with van der Waals surface area (Å²) in [5.41, 5.74) is 1.91. The molecule has 0 bridgehead atoms. The highest BCUT2D eigenvalue weighted by Gasteiger charge is 2.35. The molecule has 0 spiro atoms. The number of anilines is 1. The van der Waals surface area contributed by atoms with Crippen molar-refractivity contribution in [2.75, 3.05) is 11.9 Å². The fraction of sp³-hybridized carbons (Fsp3) is 0.684. The third kappa shape index (κ3) is 3.51. The van der Waals surface area contributed by atoms with Crippen LogP contribution in [0.3, 0.4) is 0 Å². The van der Waals surface area contributed by atoms with Crippen molar-refractivity contribution in [3.05, 3.63) is 16.0 Å². The number of hydrogen-bond donors (Lipinski definition) is 2. The molecule has 2 atom stereocenters. The molecule has 2 aliphatic carbocycles. The van der Waals surface area contributed by atoms with E-state index in [2.05, 4.69) is 31.4 Å². The van der Waals surface area contributed by atoms with Crippen molar-refractivity contribution in [3.63, 3.8) is 0 Å². The van der Waals surface area contributed by atoms with Gasteiger partial charge in [0.05, 0.1) is 5.56 Å². The number of unbranched alkanes of at least 4 members (excludes halogenated alkanes) is 1. The molecule has 1 heterocycles. The summed E-state index contributed by atoms with van der Waals surface area (Å²) in [6, 6.07) is 0. The van der Waals surface area contributed by atoms with Gasteiger partial charge in [-0.05, 0) is 49.5 Å². The van der Waals surface area contributed by atoms with Gasteiger partial charge in [-0.1, -0.05) is 27.2 Å². The van der Waals surface area contributed by atoms with Gasteiger partial charge in [-0.25, -0.2) is 0 Å². The van der Waals surface area contributed by atoms with Crippen molar-refractivity contribution in [2.24, 2.45) is 11.8 Å². The summed E-state index contributed by atoms with van der Waals surface area (Å²) in [5.74, 6) is 1.14. The molecule has 0 aliphatic heterocycles. The summed E-state index contributed by atoms with van der Waals surface area (Å²) >= 11 is 1.62. The number of thiophene rings is 1. The van der Waals surface area contributed by atoms with Crippen molar-refractivity contribution in [2.45, 2.75) is 65.2 Å². The zero-order valence-electron chi connectivity index (χ0n) is 14.9. The molecule has 4 nitrogen and oxygen atoms in total. The van der Waals surface area contributed by atoms with Crippen LogP contribution in [0.2, 0.25) is 0 Å². The van der Waals surface area contributed by atoms with Gasteiger partial charge in [-0.2, -0.15) is 0 Å². The molecule has 1 aromatic rings. The zero-order valence-corrected chi connectivity index (χ0v) is 15.7. The summed E-state index contributed by atoms with van der Waals surface area (Å²) in [6.45, 7) is 7.28. The lowest BCUT2D eigenvalue weighted by molar-refractivity contribution is -0.117. The Labute approximate surface area is 148 Å². The van der Waals surface area contributed by atoms with Crippen LogP contribution in [0.5, 0.6) is 0 Å². The molecule has 3 rings (SSSR count). The van der Waals surface area contributed by atoms with Crippen LogP contribution in [0.1, 0.15) is 79.6 Å². The van der Waals surface area contributed by atoms with E-state index in [1.807, 2.05) is 0 Å². The van der Waals surface area contributed by atoms with Gasteiger partial charge in [-0.3, -0.25) is 9.59 Å². The molecule has 2 N–H and O–H groups in total. The third-order valence-corrected chi connectivity index (χ3v) is 6.57. The standard InChI is InChI=1S/C19H28N2O2S/c1-4-5-10-20-18(23)16-15-12(3)11(2)6-9-14(15)24-19(16)21-17(22)13-7-8-13/h11-13H,4-10H2,1-3H3,(H,20,23)(H,21,22). The van der Waals surface area contributed by atoms with Crippen LogP contribution in [0.15, 0.2) is 0 Å². The fourth-order valence-corrected chi connectivity index (χ4v) is 4.71. The van der Waals surface area contributed by atoms with Gasteiger partial charge in [-0.15, -0.1) is 11.3 Å². The first kappa shape index (κ1) is 17.5. The van der Waals surface area contributed by atoms with E-state index in [9.17, 15) is 9.59 Å². The Morgan fingerprint density at radius 3 is 2.62 bits per heavy atom. The molecule has 1 saturated carbocycles. The lowest BCUT2D eigenvalue weighted by atomic mass is 9.79. The van der Waals surface area contributed by atoms with Crippen molar-refractivity contribution in [1.29, 1.82) is 0 Å². The van der Waals surface area contributed by atoms with Gasteiger partial charge in [0.15, 0.2) is 0 Å². The summed E-state index contributed by atoms with van der Waals surface area (Å²) in [4.78, 5) is 26.4. The predicted molar refractivity (Wildman–Crippen MR) is 98.8 cm³/mol. The molecule has 132 valence electrons. The number of nitrogens with one attached hydrogen (secondary N) is 2. The Morgan fingerprint density at radius 2 is 1.96 bits per heavy atom. The van der Waals surface area contributed by atoms with Gasteiger partial charge in [0.25, 0.3) is 5.91 Å². The zero-order chi connectivity index (χ0) is 17.3. The first-order chi connectivity index (χ1) is 11.5. The minimum atomic E-state index is -0.0204. The summed E-state index contributed by atoms with van der Waals surface area (Å²) in [7, 11) is 0. The quantitative estimate of drug-likeness (QED) is 0.753. The summed E-state index contributed by atoms with van der Waals surface area (Å²) in [5, 5.41) is 6.87. The molecule has 24 heavy (non-hydrogen) atoms. The molecule has 2 amide bonds. The topological polar surface area (TPSA) is 58.2 Å². The normalized spacial score (nSPS) is 22.8. The van der Waals surface area contributed by atoms with Crippen molar-refractivity contribution < 1.29 is 9.59 Å². The number of carbonyl (C=O) groups is 2. The number of fused-ring (bicyclic) bond motifs is 1. The van der Waals surface area contributed by atoms with Gasteiger partial charge < -0.3 is 10.6 Å². The van der Waals surface area contributed by atoms with Crippen molar-refractivity contribution >= 4 is 28.2 Å². The minimum absolute atomic E-state index is 0.0204. The van der Waals surface area contributed by atoms with Crippen molar-refractivity contribution in [1.82, 2.24) is 5.32 Å². The minimum Gasteiger partial charge on any atom is -0.352 e. The Balaban J connectivity index is 1.90. The molecular formula is C19H28N2O2S. The van der Waals surface area contributed by atoms with Crippen LogP contribution in [-0.2, 0) is 11.2 Å². The molecule has 5 heteroatoms. The van der Waals surface area contributed by atoms with Crippen LogP contribution >= 0.6 is 11.3 Å². The average molecular weight is 349 g/mol. The van der Waals surface area contributed by atoms with Gasteiger partial charge in [0.1, 0.15) is 5.00 Å². The van der Waals surface area contributed by atoms with Crippen LogP contribution < -0.4 is 10.6 Å². The number of aryl methyl sites for hydroxylation is 1. The maximum atomic E-state index is 12.8. The van der Waals surface area contributed by atoms with E-state index in [4.69, 9.17) is 0 Å². The monoisotopic (exact) mass is 348 g/mol. The Hall–Kier alpha value is -1.36. The largest absolute Gasteiger partial charge is 0.352 e. The smallest absolute Gasteiger partial charge is 0.254 e. The van der Waals surface area contributed by atoms with Crippen LogP contribution in [0.4, 0.5) is 5.00 Å². The van der Waals surface area contributed by atoms with Gasteiger partial charge in [0, 0.05) is 17.3 Å². The fourth-order valence-electron chi connectivity index (χ4n) is 3.39. The molecular weight excluding hydrogens is 320 g/mol. The van der Waals surface area contributed by atoms with Crippen molar-refractivity contribution in [3.8, 4) is 0 Å². The van der Waals surface area contributed by atoms with Crippen LogP contribution in [-0.4, -0.2) is 18.4 Å². The lowest BCUT2D eigenvalue weighted by Crippen LogP contribution is -2.28. The van der Waals surface area contributed by atoms with E-state index < -0.39 is 0 Å². The second kappa shape index (κ2) is 7.26. The van der Waals surface area contributed by atoms with E-state index in [-0.39, 0.29) is 17.7 Å². The van der Waals surface area contributed by atoms with Gasteiger partial charge in [0.2, 0.25) is 5.91 Å². The highest BCUT2D eigenvalue weighted by molar-refractivity contribution is 7.17. The average Bonchev–Trinajstić information content (AvgIpc) is 3.33. The van der Waals surface area contributed by atoms with Gasteiger partial charge >= 0.3 is 0 Å². The van der Waals surface area contributed by atoms with Crippen LogP contribution in [0.25, 0.3) is 0 Å². The van der Waals surface area contributed by atoms with E-state index in [1.54, 1.807) is 11.3 Å². The van der Waals surface area contributed by atoms with E-state index in [0.717, 1.165) is 49.1 Å². The van der Waals surface area contributed by atoms with E-state index in [0.29, 0.717) is 18.4 Å². The molecule has 0 radical (unpaired) electrons. The second-order valence-electron chi connectivity index (χ2n) is 7.32. The first-order valence-corrected chi connectivity index (χ1v) is 10.1. The molecule has 2 unspecified atom stereocenters. The first-order valence-electron chi connectivity index (χ1n) is 9.27. The highest BCUT2D eigenvalue weighted by Crippen LogP contribution is 2.46. The molecule has 1 aromatic heterocycles. The second-order valence-corrected chi connectivity index (χ2v) is 8.43. The summed E-state index contributed by atoms with van der Waals surface area (Å²) in [6.07, 6.45) is 6.15. The molecule has 0 saturated heterocycles. The molecule has 2 aliphatic rings. The predicted octanol–water partition coefficient (Wildman–Crippen LogP) is 4.31. The number of amides is 2. The molecule has 1 fully saturated rings. The Kier molecular flexibility index (Phi) is 5.28. The number of rotatable bonds is 6. The Bertz CT molecular complexity index is 634. The van der Waals surface area contributed by atoms with E-state index in [1.165, 1.54) is 10.4 Å². The van der Waals surface area contributed by atoms with Crippen LogP contribution in [0, 0.1) is 11.8 Å². The highest BCUT2D eigenvalue weighted by atomic mass is 32.1. The SMILES string of the molecule is CCCCNC(=O)c1c(NC(=O)C2CC2)sc2c1C(C)C(C)CC2. The summed E-state index contributed by atoms with van der Waals surface area (Å²) < 4.78 is 0. The lowest BCUT2D eigenvalue weighted by Gasteiger charge is -2.27. The maximum Gasteiger partial charge on any atom is 0.254 e. The van der Waals surface area contributed by atoms with E-state index >= 15 is 0 Å². The maximum absolute atomic E-state index is 12.8.